The van der Waals surface area contributed by atoms with Gasteiger partial charge in [0.05, 0.1) is 21.1 Å². The van der Waals surface area contributed by atoms with E-state index in [1.165, 1.54) is 47.8 Å². The highest BCUT2D eigenvalue weighted by Gasteiger charge is 2.29. The van der Waals surface area contributed by atoms with Gasteiger partial charge in [0.15, 0.2) is 9.84 Å². The van der Waals surface area contributed by atoms with E-state index in [1.54, 1.807) is 18.2 Å². The molecule has 3 aromatic rings. The van der Waals surface area contributed by atoms with Gasteiger partial charge in [-0.2, -0.15) is 4.31 Å². The van der Waals surface area contributed by atoms with E-state index >= 15 is 0 Å². The first-order valence-corrected chi connectivity index (χ1v) is 15.2. The smallest absolute Gasteiger partial charge is 0.257 e. The van der Waals surface area contributed by atoms with Crippen molar-refractivity contribution < 1.29 is 21.6 Å². The topological polar surface area (TPSA) is 117 Å². The fourth-order valence-corrected chi connectivity index (χ4v) is 6.90. The Hall–Kier alpha value is -2.70. The molecule has 9 nitrogen and oxygen atoms in total. The molecule has 1 aromatic heterocycles. The molecule has 0 radical (unpaired) electrons. The number of hydrogen-bond donors (Lipinski definition) is 1. The number of nitrogens with zero attached hydrogens (tertiary/aromatic N) is 3. The van der Waals surface area contributed by atoms with Crippen molar-refractivity contribution >= 4 is 60.3 Å². The minimum Gasteiger partial charge on any atom is -0.369 e. The minimum absolute atomic E-state index is 0.0348. The summed E-state index contributed by atoms with van der Waals surface area (Å²) in [5, 5.41) is 3.64. The predicted molar refractivity (Wildman–Crippen MR) is 144 cm³/mol. The molecule has 1 aliphatic rings. The van der Waals surface area contributed by atoms with Crippen LogP contribution in [0.5, 0.6) is 0 Å². The van der Waals surface area contributed by atoms with Gasteiger partial charge in [0, 0.05) is 60.0 Å². The zero-order chi connectivity index (χ0) is 26.8. The van der Waals surface area contributed by atoms with Crippen LogP contribution in [-0.4, -0.2) is 64.0 Å². The Balaban J connectivity index is 1.44. The monoisotopic (exact) mass is 582 g/mol. The van der Waals surface area contributed by atoms with Crippen molar-refractivity contribution in [1.29, 1.82) is 0 Å². The Morgan fingerprint density at radius 2 is 1.57 bits per heavy atom. The molecule has 1 aliphatic heterocycles. The molecule has 37 heavy (non-hydrogen) atoms. The molecule has 0 atom stereocenters. The number of aromatic nitrogens is 1. The Morgan fingerprint density at radius 1 is 0.946 bits per heavy atom. The summed E-state index contributed by atoms with van der Waals surface area (Å²) in [6.07, 6.45) is 2.48. The van der Waals surface area contributed by atoms with Crippen LogP contribution in [0.3, 0.4) is 0 Å². The van der Waals surface area contributed by atoms with E-state index in [0.717, 1.165) is 11.9 Å². The molecule has 13 heteroatoms. The minimum atomic E-state index is -3.76. The van der Waals surface area contributed by atoms with Crippen LogP contribution in [0.4, 0.5) is 11.4 Å². The molecular formula is C24H24Cl2N4O5S2. The van der Waals surface area contributed by atoms with Crippen LogP contribution < -0.4 is 10.2 Å². The van der Waals surface area contributed by atoms with Crippen molar-refractivity contribution in [3.63, 3.8) is 0 Å². The molecule has 2 heterocycles. The van der Waals surface area contributed by atoms with Crippen molar-refractivity contribution in [3.8, 4) is 0 Å². The summed E-state index contributed by atoms with van der Waals surface area (Å²) in [5.41, 5.74) is 1.12. The quantitative estimate of drug-likeness (QED) is 0.448. The first-order chi connectivity index (χ1) is 17.5. The van der Waals surface area contributed by atoms with E-state index in [9.17, 15) is 21.6 Å². The summed E-state index contributed by atoms with van der Waals surface area (Å²) in [4.78, 5) is 18.5. The second-order valence-electron chi connectivity index (χ2n) is 8.27. The Labute approximate surface area is 226 Å². The average Bonchev–Trinajstić information content (AvgIpc) is 2.88. The van der Waals surface area contributed by atoms with Gasteiger partial charge in [0.2, 0.25) is 10.0 Å². The molecule has 4 rings (SSSR count). The molecule has 1 amide bonds. The third kappa shape index (κ3) is 6.07. The number of anilines is 2. The normalized spacial score (nSPS) is 14.9. The van der Waals surface area contributed by atoms with Crippen molar-refractivity contribution in [3.05, 3.63) is 76.5 Å². The highest BCUT2D eigenvalue weighted by atomic mass is 35.5. The van der Waals surface area contributed by atoms with Gasteiger partial charge in [-0.3, -0.25) is 9.78 Å². The number of rotatable bonds is 7. The first-order valence-electron chi connectivity index (χ1n) is 11.3. The standard InChI is InChI=1S/C24H24Cl2N4O5S2/c1-2-36(32,33)23-16-27-8-7-22(23)24(31)28-19-3-5-21(6-4-19)37(34,35)30-11-9-29(10-12-30)20-14-17(25)13-18(26)15-20/h3-8,13-16H,2,9-12H2,1H3,(H,28,31). The van der Waals surface area contributed by atoms with Crippen molar-refractivity contribution in [2.45, 2.75) is 16.7 Å². The largest absolute Gasteiger partial charge is 0.369 e. The van der Waals surface area contributed by atoms with E-state index in [0.29, 0.717) is 28.8 Å². The summed E-state index contributed by atoms with van der Waals surface area (Å²) in [7, 11) is -7.41. The number of nitrogens with one attached hydrogen (secondary N) is 1. The third-order valence-corrected chi connectivity index (χ3v) is 10.1. The van der Waals surface area contributed by atoms with Crippen molar-refractivity contribution in [1.82, 2.24) is 9.29 Å². The Kier molecular flexibility index (Phi) is 8.10. The lowest BCUT2D eigenvalue weighted by molar-refractivity contribution is 0.102. The average molecular weight is 584 g/mol. The molecule has 1 N–H and O–H groups in total. The molecule has 1 fully saturated rings. The SMILES string of the molecule is CCS(=O)(=O)c1cnccc1C(=O)Nc1ccc(S(=O)(=O)N2CCN(c3cc(Cl)cc(Cl)c3)CC2)cc1. The van der Waals surface area contributed by atoms with Crippen LogP contribution in [0, 0.1) is 0 Å². The van der Waals surface area contributed by atoms with Gasteiger partial charge < -0.3 is 10.2 Å². The molecule has 0 saturated carbocycles. The number of halogens is 2. The molecule has 2 aromatic carbocycles. The lowest BCUT2D eigenvalue weighted by Crippen LogP contribution is -2.48. The third-order valence-electron chi connectivity index (χ3n) is 5.95. The predicted octanol–water partition coefficient (Wildman–Crippen LogP) is 3.95. The lowest BCUT2D eigenvalue weighted by atomic mass is 10.2. The van der Waals surface area contributed by atoms with Gasteiger partial charge in [0.1, 0.15) is 0 Å². The summed E-state index contributed by atoms with van der Waals surface area (Å²) in [6.45, 7) is 2.98. The van der Waals surface area contributed by atoms with Gasteiger partial charge in [-0.05, 0) is 48.5 Å². The first kappa shape index (κ1) is 27.3. The highest BCUT2D eigenvalue weighted by molar-refractivity contribution is 7.91. The Morgan fingerprint density at radius 3 is 2.16 bits per heavy atom. The van der Waals surface area contributed by atoms with Crippen LogP contribution in [0.25, 0.3) is 0 Å². The number of carbonyl (C=O) groups is 1. The number of amides is 1. The fraction of sp³-hybridized carbons (Fsp3) is 0.250. The number of pyridine rings is 1. The zero-order valence-electron chi connectivity index (χ0n) is 19.8. The molecule has 196 valence electrons. The van der Waals surface area contributed by atoms with Crippen molar-refractivity contribution in [2.75, 3.05) is 42.1 Å². The summed E-state index contributed by atoms with van der Waals surface area (Å²) in [5.74, 6) is -0.811. The number of hydrogen-bond acceptors (Lipinski definition) is 7. The molecular weight excluding hydrogens is 559 g/mol. The molecule has 0 aliphatic carbocycles. The van der Waals surface area contributed by atoms with E-state index in [4.69, 9.17) is 23.2 Å². The lowest BCUT2D eigenvalue weighted by Gasteiger charge is -2.35. The van der Waals surface area contributed by atoms with E-state index in [1.807, 2.05) is 4.90 Å². The van der Waals surface area contributed by atoms with Gasteiger partial charge in [-0.15, -0.1) is 0 Å². The molecule has 1 saturated heterocycles. The van der Waals surface area contributed by atoms with Gasteiger partial charge in [-0.1, -0.05) is 30.1 Å². The van der Waals surface area contributed by atoms with Crippen LogP contribution in [-0.2, 0) is 19.9 Å². The van der Waals surface area contributed by atoms with E-state index in [2.05, 4.69) is 10.3 Å². The summed E-state index contributed by atoms with van der Waals surface area (Å²) >= 11 is 12.2. The highest BCUT2D eigenvalue weighted by Crippen LogP contribution is 2.28. The van der Waals surface area contributed by atoms with Crippen LogP contribution in [0.1, 0.15) is 17.3 Å². The maximum absolute atomic E-state index is 13.2. The molecule has 0 unspecified atom stereocenters. The fourth-order valence-electron chi connectivity index (χ4n) is 3.94. The zero-order valence-corrected chi connectivity index (χ0v) is 22.9. The molecule has 0 spiro atoms. The van der Waals surface area contributed by atoms with Crippen molar-refractivity contribution in [2.24, 2.45) is 0 Å². The number of sulfonamides is 1. The number of carbonyl (C=O) groups excluding carboxylic acids is 1. The summed E-state index contributed by atoms with van der Waals surface area (Å²) < 4.78 is 52.4. The maximum atomic E-state index is 13.2. The maximum Gasteiger partial charge on any atom is 0.257 e. The van der Waals surface area contributed by atoms with Crippen LogP contribution >= 0.6 is 23.2 Å². The number of sulfone groups is 1. The Bertz CT molecular complexity index is 1500. The second kappa shape index (κ2) is 11.0. The number of benzene rings is 2. The summed E-state index contributed by atoms with van der Waals surface area (Å²) in [6, 6.07) is 12.3. The van der Waals surface area contributed by atoms with Gasteiger partial charge in [-0.25, -0.2) is 16.8 Å². The van der Waals surface area contributed by atoms with E-state index in [-0.39, 0.29) is 34.2 Å². The second-order valence-corrected chi connectivity index (χ2v) is 13.3. The van der Waals surface area contributed by atoms with Crippen LogP contribution in [0.2, 0.25) is 10.0 Å². The molecule has 0 bridgehead atoms. The van der Waals surface area contributed by atoms with E-state index < -0.39 is 25.8 Å². The van der Waals surface area contributed by atoms with Gasteiger partial charge in [0.25, 0.3) is 5.91 Å². The van der Waals surface area contributed by atoms with Crippen LogP contribution in [0.15, 0.2) is 70.7 Å². The number of piperazine rings is 1. The van der Waals surface area contributed by atoms with Gasteiger partial charge >= 0.3 is 0 Å².